The number of benzene rings is 1. The minimum atomic E-state index is -0.00981. The molecule has 0 saturated carbocycles. The van der Waals surface area contributed by atoms with Gasteiger partial charge in [0.1, 0.15) is 0 Å². The van der Waals surface area contributed by atoms with Gasteiger partial charge >= 0.3 is 0 Å². The molecule has 1 N–H and O–H groups in total. The highest BCUT2D eigenvalue weighted by Gasteiger charge is 2.05. The first-order valence-electron chi connectivity index (χ1n) is 3.21. The van der Waals surface area contributed by atoms with E-state index in [1.54, 1.807) is 0 Å². The molecule has 1 rings (SSSR count). The lowest BCUT2D eigenvalue weighted by atomic mass is 10.1. The van der Waals surface area contributed by atoms with E-state index in [0.29, 0.717) is 5.02 Å². The Morgan fingerprint density at radius 1 is 1.55 bits per heavy atom. The number of aryl methyl sites for hydroxylation is 1. The van der Waals surface area contributed by atoms with E-state index < -0.39 is 0 Å². The molecule has 0 aromatic heterocycles. The van der Waals surface area contributed by atoms with Gasteiger partial charge in [-0.15, -0.1) is 0 Å². The lowest BCUT2D eigenvalue weighted by molar-refractivity contribution is 0.281. The molecule has 0 aliphatic carbocycles. The maximum Gasteiger partial charge on any atom is 0.0699 e. The quantitative estimate of drug-likeness (QED) is 0.793. The van der Waals surface area contributed by atoms with Crippen molar-refractivity contribution in [2.24, 2.45) is 0 Å². The zero-order valence-corrected chi connectivity index (χ0v) is 8.41. The molecule has 0 radical (unpaired) electrons. The van der Waals surface area contributed by atoms with E-state index in [-0.39, 0.29) is 6.61 Å². The minimum absolute atomic E-state index is 0.00981. The molecule has 3 heteroatoms. The molecule has 0 saturated heterocycles. The fourth-order valence-corrected chi connectivity index (χ4v) is 1.53. The van der Waals surface area contributed by atoms with Crippen molar-refractivity contribution >= 4 is 27.5 Å². The van der Waals surface area contributed by atoms with Crippen LogP contribution in [0.1, 0.15) is 11.1 Å². The van der Waals surface area contributed by atoms with Crippen molar-refractivity contribution in [2.45, 2.75) is 13.5 Å². The molecule has 0 aliphatic heterocycles. The maximum atomic E-state index is 8.92. The van der Waals surface area contributed by atoms with E-state index in [9.17, 15) is 0 Å². The molecule has 0 heterocycles. The summed E-state index contributed by atoms with van der Waals surface area (Å²) in [6.45, 7) is 1.91. The van der Waals surface area contributed by atoms with Gasteiger partial charge in [0.05, 0.1) is 11.6 Å². The van der Waals surface area contributed by atoms with Crippen molar-refractivity contribution in [3.8, 4) is 0 Å². The summed E-state index contributed by atoms with van der Waals surface area (Å²) in [6.07, 6.45) is 0. The van der Waals surface area contributed by atoms with E-state index in [1.807, 2.05) is 19.1 Å². The molecule has 0 aliphatic rings. The highest BCUT2D eigenvalue weighted by molar-refractivity contribution is 9.10. The Kier molecular flexibility index (Phi) is 2.93. The van der Waals surface area contributed by atoms with Crippen LogP contribution in [0.4, 0.5) is 0 Å². The first kappa shape index (κ1) is 9.04. The second-order valence-corrected chi connectivity index (χ2v) is 3.55. The van der Waals surface area contributed by atoms with Crippen LogP contribution in [-0.4, -0.2) is 5.11 Å². The number of aliphatic hydroxyl groups excluding tert-OH is 1. The molecule has 0 fully saturated rings. The lowest BCUT2D eigenvalue weighted by Gasteiger charge is -2.05. The van der Waals surface area contributed by atoms with Gasteiger partial charge in [0.15, 0.2) is 0 Å². The van der Waals surface area contributed by atoms with E-state index in [4.69, 9.17) is 16.7 Å². The van der Waals surface area contributed by atoms with Gasteiger partial charge in [-0.2, -0.15) is 0 Å². The first-order valence-corrected chi connectivity index (χ1v) is 4.38. The standard InChI is InChI=1S/C8H8BrClO/c1-5-2-3-7(9)8(10)6(5)4-11/h2-3,11H,4H2,1H3. The zero-order chi connectivity index (χ0) is 8.43. The van der Waals surface area contributed by atoms with Gasteiger partial charge in [-0.1, -0.05) is 17.7 Å². The van der Waals surface area contributed by atoms with Crippen LogP contribution in [0.2, 0.25) is 5.02 Å². The largest absolute Gasteiger partial charge is 0.392 e. The van der Waals surface area contributed by atoms with Gasteiger partial charge in [0.2, 0.25) is 0 Å². The van der Waals surface area contributed by atoms with Gasteiger partial charge < -0.3 is 5.11 Å². The van der Waals surface area contributed by atoms with Gasteiger partial charge in [-0.25, -0.2) is 0 Å². The molecule has 0 spiro atoms. The van der Waals surface area contributed by atoms with Crippen LogP contribution in [-0.2, 0) is 6.61 Å². The summed E-state index contributed by atoms with van der Waals surface area (Å²) in [6, 6.07) is 3.79. The van der Waals surface area contributed by atoms with Crippen LogP contribution in [0.3, 0.4) is 0 Å². The number of rotatable bonds is 1. The third kappa shape index (κ3) is 1.75. The van der Waals surface area contributed by atoms with Crippen LogP contribution in [0, 0.1) is 6.92 Å². The summed E-state index contributed by atoms with van der Waals surface area (Å²) in [7, 11) is 0. The molecule has 0 bridgehead atoms. The highest BCUT2D eigenvalue weighted by atomic mass is 79.9. The first-order chi connectivity index (χ1) is 5.16. The van der Waals surface area contributed by atoms with Gasteiger partial charge in [-0.05, 0) is 34.5 Å². The third-order valence-electron chi connectivity index (χ3n) is 1.59. The fourth-order valence-electron chi connectivity index (χ4n) is 0.883. The Hall–Kier alpha value is -0.0500. The Morgan fingerprint density at radius 3 is 2.64 bits per heavy atom. The topological polar surface area (TPSA) is 20.2 Å². The summed E-state index contributed by atoms with van der Waals surface area (Å²) < 4.78 is 0.828. The van der Waals surface area contributed by atoms with E-state index in [0.717, 1.165) is 15.6 Å². The van der Waals surface area contributed by atoms with E-state index >= 15 is 0 Å². The SMILES string of the molecule is Cc1ccc(Br)c(Cl)c1CO. The van der Waals surface area contributed by atoms with Crippen LogP contribution in [0.25, 0.3) is 0 Å². The summed E-state index contributed by atoms with van der Waals surface area (Å²) in [4.78, 5) is 0. The average molecular weight is 236 g/mol. The van der Waals surface area contributed by atoms with Crippen molar-refractivity contribution in [1.82, 2.24) is 0 Å². The fraction of sp³-hybridized carbons (Fsp3) is 0.250. The van der Waals surface area contributed by atoms with Gasteiger partial charge in [0.25, 0.3) is 0 Å². The molecule has 0 amide bonds. The number of aliphatic hydroxyl groups is 1. The monoisotopic (exact) mass is 234 g/mol. The summed E-state index contributed by atoms with van der Waals surface area (Å²) in [5, 5.41) is 9.52. The number of hydrogen-bond acceptors (Lipinski definition) is 1. The minimum Gasteiger partial charge on any atom is -0.392 e. The maximum absolute atomic E-state index is 8.92. The van der Waals surface area contributed by atoms with E-state index in [1.165, 1.54) is 0 Å². The van der Waals surface area contributed by atoms with Crippen LogP contribution in [0.15, 0.2) is 16.6 Å². The van der Waals surface area contributed by atoms with Crippen LogP contribution >= 0.6 is 27.5 Å². The molecule has 60 valence electrons. The number of halogens is 2. The predicted octanol–water partition coefficient (Wildman–Crippen LogP) is 2.90. The second-order valence-electron chi connectivity index (χ2n) is 2.31. The third-order valence-corrected chi connectivity index (χ3v) is 2.91. The molecule has 0 unspecified atom stereocenters. The van der Waals surface area contributed by atoms with Gasteiger partial charge in [0, 0.05) is 10.0 Å². The van der Waals surface area contributed by atoms with Crippen LogP contribution < -0.4 is 0 Å². The van der Waals surface area contributed by atoms with E-state index in [2.05, 4.69) is 15.9 Å². The predicted molar refractivity (Wildman–Crippen MR) is 49.8 cm³/mol. The van der Waals surface area contributed by atoms with Crippen molar-refractivity contribution in [3.63, 3.8) is 0 Å². The highest BCUT2D eigenvalue weighted by Crippen LogP contribution is 2.28. The Balaban J connectivity index is 3.29. The Morgan fingerprint density at radius 2 is 2.18 bits per heavy atom. The summed E-state index contributed by atoms with van der Waals surface area (Å²) in [5.41, 5.74) is 1.81. The zero-order valence-electron chi connectivity index (χ0n) is 6.06. The molecular weight excluding hydrogens is 227 g/mol. The normalized spacial score (nSPS) is 10.2. The molecular formula is C8H8BrClO. The number of hydrogen-bond donors (Lipinski definition) is 1. The summed E-state index contributed by atoms with van der Waals surface area (Å²) >= 11 is 9.17. The second kappa shape index (κ2) is 3.57. The van der Waals surface area contributed by atoms with Crippen molar-refractivity contribution < 1.29 is 5.11 Å². The molecule has 1 nitrogen and oxygen atoms in total. The lowest BCUT2D eigenvalue weighted by Crippen LogP contribution is -1.90. The van der Waals surface area contributed by atoms with Crippen molar-refractivity contribution in [2.75, 3.05) is 0 Å². The molecule has 0 atom stereocenters. The van der Waals surface area contributed by atoms with Gasteiger partial charge in [-0.3, -0.25) is 0 Å². The summed E-state index contributed by atoms with van der Waals surface area (Å²) in [5.74, 6) is 0. The molecule has 1 aromatic carbocycles. The molecule has 11 heavy (non-hydrogen) atoms. The van der Waals surface area contributed by atoms with Crippen molar-refractivity contribution in [3.05, 3.63) is 32.8 Å². The molecule has 1 aromatic rings. The average Bonchev–Trinajstić information content (AvgIpc) is 1.99. The Bertz CT molecular complexity index is 273. The smallest absolute Gasteiger partial charge is 0.0699 e. The van der Waals surface area contributed by atoms with Crippen molar-refractivity contribution in [1.29, 1.82) is 0 Å². The van der Waals surface area contributed by atoms with Crippen LogP contribution in [0.5, 0.6) is 0 Å². The Labute approximate surface area is 79.1 Å².